The Labute approximate surface area is 198 Å². The minimum absolute atomic E-state index is 0.135. The van der Waals surface area contributed by atoms with Crippen LogP contribution in [0.3, 0.4) is 0 Å². The number of nitrogens with one attached hydrogen (secondary N) is 2. The predicted octanol–water partition coefficient (Wildman–Crippen LogP) is 4.51. The van der Waals surface area contributed by atoms with Gasteiger partial charge in [0.2, 0.25) is 5.91 Å². The smallest absolute Gasteiger partial charge is 0.416 e. The molecule has 10 heteroatoms. The van der Waals surface area contributed by atoms with Crippen molar-refractivity contribution in [2.45, 2.75) is 50.0 Å². The average Bonchev–Trinajstić information content (AvgIpc) is 2.77. The molecule has 35 heavy (non-hydrogen) atoms. The molecule has 0 saturated heterocycles. The van der Waals surface area contributed by atoms with E-state index in [4.69, 9.17) is 14.6 Å². The third kappa shape index (κ3) is 4.58. The Balaban J connectivity index is 1.38. The van der Waals surface area contributed by atoms with Gasteiger partial charge in [-0.25, -0.2) is 0 Å². The van der Waals surface area contributed by atoms with E-state index >= 15 is 0 Å². The highest BCUT2D eigenvalue weighted by atomic mass is 19.4. The number of anilines is 2. The van der Waals surface area contributed by atoms with Gasteiger partial charge in [0, 0.05) is 36.8 Å². The summed E-state index contributed by atoms with van der Waals surface area (Å²) >= 11 is 0. The number of benzene rings is 2. The Morgan fingerprint density at radius 1 is 1.20 bits per heavy atom. The monoisotopic (exact) mass is 488 g/mol. The second-order valence-corrected chi connectivity index (χ2v) is 9.00. The maximum absolute atomic E-state index is 13.2. The largest absolute Gasteiger partial charge is 0.486 e. The zero-order chi connectivity index (χ0) is 24.8. The fourth-order valence-corrected chi connectivity index (χ4v) is 4.61. The normalized spacial score (nSPS) is 21.2. The first-order valence-electron chi connectivity index (χ1n) is 11.3. The molecule has 1 aliphatic carbocycles. The fourth-order valence-electron chi connectivity index (χ4n) is 4.61. The quantitative estimate of drug-likeness (QED) is 0.550. The molecule has 184 valence electrons. The highest BCUT2D eigenvalue weighted by molar-refractivity contribution is 6.05. The minimum Gasteiger partial charge on any atom is -0.486 e. The Kier molecular flexibility index (Phi) is 5.71. The zero-order valence-corrected chi connectivity index (χ0v) is 18.6. The van der Waals surface area contributed by atoms with Crippen molar-refractivity contribution >= 4 is 28.8 Å². The van der Waals surface area contributed by atoms with Crippen LogP contribution >= 0.6 is 0 Å². The second kappa shape index (κ2) is 8.60. The van der Waals surface area contributed by atoms with Gasteiger partial charge in [0.1, 0.15) is 17.1 Å². The van der Waals surface area contributed by atoms with E-state index in [1.165, 1.54) is 12.1 Å². The maximum atomic E-state index is 13.2. The molecule has 3 aliphatic rings. The Bertz CT molecular complexity index is 1220. The number of amides is 2. The van der Waals surface area contributed by atoms with Crippen LogP contribution in [0, 0.1) is 0 Å². The molecular formula is C25H23F3N2O5. The van der Waals surface area contributed by atoms with Gasteiger partial charge in [0.15, 0.2) is 6.10 Å². The van der Waals surface area contributed by atoms with Crippen molar-refractivity contribution in [3.05, 3.63) is 53.6 Å². The van der Waals surface area contributed by atoms with Gasteiger partial charge in [-0.15, -0.1) is 0 Å². The standard InChI is InChI=1S/C25H23F3N2O5/c26-25(27,28)15-2-4-17-14(13-24(7-1-8-24)35-21(17)11-15)10-22(32)29-16-3-5-19-18(12-16)30-23(33)20(34-19)6-9-31/h2-5,10-12,20,31H,1,6-9,13H2,(H,29,32)(H,30,33)/b14-10+. The molecule has 1 atom stereocenters. The van der Waals surface area contributed by atoms with Crippen molar-refractivity contribution in [3.63, 3.8) is 0 Å². The topological polar surface area (TPSA) is 96.9 Å². The third-order valence-electron chi connectivity index (χ3n) is 6.52. The van der Waals surface area contributed by atoms with Crippen LogP contribution in [0.4, 0.5) is 24.5 Å². The third-order valence-corrected chi connectivity index (χ3v) is 6.52. The number of hydrogen-bond acceptors (Lipinski definition) is 5. The van der Waals surface area contributed by atoms with E-state index in [1.807, 2.05) is 0 Å². The van der Waals surface area contributed by atoms with Gasteiger partial charge in [0.05, 0.1) is 11.3 Å². The van der Waals surface area contributed by atoms with Crippen molar-refractivity contribution in [2.75, 3.05) is 17.2 Å². The molecule has 2 aromatic carbocycles. The summed E-state index contributed by atoms with van der Waals surface area (Å²) in [6.45, 7) is -0.191. The highest BCUT2D eigenvalue weighted by Crippen LogP contribution is 2.50. The lowest BCUT2D eigenvalue weighted by Crippen LogP contribution is -2.45. The molecule has 2 heterocycles. The maximum Gasteiger partial charge on any atom is 0.416 e. The number of halogens is 3. The van der Waals surface area contributed by atoms with Crippen molar-refractivity contribution in [1.82, 2.24) is 0 Å². The number of aliphatic hydroxyl groups excluding tert-OH is 1. The Morgan fingerprint density at radius 3 is 2.69 bits per heavy atom. The highest BCUT2D eigenvalue weighted by Gasteiger charge is 2.44. The van der Waals surface area contributed by atoms with E-state index in [2.05, 4.69) is 10.6 Å². The van der Waals surface area contributed by atoms with Crippen LogP contribution in [0.2, 0.25) is 0 Å². The summed E-state index contributed by atoms with van der Waals surface area (Å²) in [4.78, 5) is 25.0. The average molecular weight is 488 g/mol. The summed E-state index contributed by atoms with van der Waals surface area (Å²) in [6.07, 6.45) is -0.965. The molecule has 0 bridgehead atoms. The van der Waals surface area contributed by atoms with E-state index in [9.17, 15) is 22.8 Å². The van der Waals surface area contributed by atoms with Gasteiger partial charge >= 0.3 is 6.18 Å². The fraction of sp³-hybridized carbons (Fsp3) is 0.360. The van der Waals surface area contributed by atoms with Crippen LogP contribution in [0.1, 0.15) is 43.2 Å². The van der Waals surface area contributed by atoms with Crippen LogP contribution < -0.4 is 20.1 Å². The van der Waals surface area contributed by atoms with Gasteiger partial charge in [0.25, 0.3) is 5.91 Å². The van der Waals surface area contributed by atoms with Crippen molar-refractivity contribution in [1.29, 1.82) is 0 Å². The molecule has 1 fully saturated rings. The molecule has 2 amide bonds. The lowest BCUT2D eigenvalue weighted by molar-refractivity contribution is -0.138. The number of carbonyl (C=O) groups excluding carboxylic acids is 2. The molecule has 1 unspecified atom stereocenters. The summed E-state index contributed by atoms with van der Waals surface area (Å²) in [6, 6.07) is 8.11. The van der Waals surface area contributed by atoms with E-state index in [0.717, 1.165) is 18.6 Å². The molecule has 0 radical (unpaired) electrons. The van der Waals surface area contributed by atoms with Crippen LogP contribution in [-0.4, -0.2) is 35.2 Å². The summed E-state index contributed by atoms with van der Waals surface area (Å²) in [5.41, 5.74) is 0.496. The molecule has 2 aromatic rings. The van der Waals surface area contributed by atoms with Crippen LogP contribution in [0.15, 0.2) is 42.5 Å². The number of alkyl halides is 3. The van der Waals surface area contributed by atoms with Gasteiger partial charge in [-0.05, 0) is 55.2 Å². The number of rotatable bonds is 4. The Hall–Kier alpha value is -3.53. The van der Waals surface area contributed by atoms with Crippen LogP contribution in [0.25, 0.3) is 5.57 Å². The second-order valence-electron chi connectivity index (χ2n) is 9.00. The van der Waals surface area contributed by atoms with Gasteiger partial charge < -0.3 is 25.2 Å². The van der Waals surface area contributed by atoms with Crippen LogP contribution in [-0.2, 0) is 15.8 Å². The lowest BCUT2D eigenvalue weighted by Gasteiger charge is -2.46. The van der Waals surface area contributed by atoms with E-state index in [-0.39, 0.29) is 24.7 Å². The molecular weight excluding hydrogens is 465 g/mol. The first-order valence-corrected chi connectivity index (χ1v) is 11.3. The lowest BCUT2D eigenvalue weighted by atomic mass is 9.72. The number of carbonyl (C=O) groups is 2. The molecule has 0 aromatic heterocycles. The molecule has 1 spiro atoms. The predicted molar refractivity (Wildman–Crippen MR) is 121 cm³/mol. The number of ether oxygens (including phenoxy) is 2. The summed E-state index contributed by atoms with van der Waals surface area (Å²) in [5, 5.41) is 14.5. The molecule has 1 saturated carbocycles. The van der Waals surface area contributed by atoms with Gasteiger partial charge in [-0.2, -0.15) is 13.2 Å². The molecule has 7 nitrogen and oxygen atoms in total. The summed E-state index contributed by atoms with van der Waals surface area (Å²) in [7, 11) is 0. The van der Waals surface area contributed by atoms with E-state index in [1.54, 1.807) is 18.2 Å². The first-order chi connectivity index (χ1) is 16.7. The number of aliphatic hydroxyl groups is 1. The van der Waals surface area contributed by atoms with Crippen LogP contribution in [0.5, 0.6) is 11.5 Å². The Morgan fingerprint density at radius 2 is 2.00 bits per heavy atom. The summed E-state index contributed by atoms with van der Waals surface area (Å²) in [5.74, 6) is -0.288. The van der Waals surface area contributed by atoms with E-state index < -0.39 is 29.4 Å². The zero-order valence-electron chi connectivity index (χ0n) is 18.6. The van der Waals surface area contributed by atoms with Crippen molar-refractivity contribution in [3.8, 4) is 11.5 Å². The SMILES string of the molecule is O=C(/C=C1\CC2(CCC2)Oc2cc(C(F)(F)F)ccc21)Nc1ccc2c(c1)NC(=O)C(CCO)O2. The number of hydrogen-bond donors (Lipinski definition) is 3. The van der Waals surface area contributed by atoms with Gasteiger partial charge in [-0.1, -0.05) is 6.07 Å². The molecule has 5 rings (SSSR count). The molecule has 3 N–H and O–H groups in total. The number of fused-ring (bicyclic) bond motifs is 2. The van der Waals surface area contributed by atoms with E-state index in [0.29, 0.717) is 47.5 Å². The minimum atomic E-state index is -4.49. The van der Waals surface area contributed by atoms with Gasteiger partial charge in [-0.3, -0.25) is 9.59 Å². The summed E-state index contributed by atoms with van der Waals surface area (Å²) < 4.78 is 51.2. The molecule has 2 aliphatic heterocycles. The first kappa shape index (κ1) is 23.2. The van der Waals surface area contributed by atoms with Crippen molar-refractivity contribution < 1.29 is 37.3 Å². The van der Waals surface area contributed by atoms with Crippen molar-refractivity contribution in [2.24, 2.45) is 0 Å².